The maximum atomic E-state index is 9.23. The molecule has 286 valence electrons. The minimum Gasteiger partial charge on any atom is -0.414 e. The number of hydrogen-bond acceptors (Lipinski definition) is 7. The van der Waals surface area contributed by atoms with Crippen LogP contribution in [-0.4, -0.2) is 90.9 Å². The highest BCUT2D eigenvalue weighted by atomic mass is 28.4. The Balaban J connectivity index is 1.71. The minimum absolute atomic E-state index is 0.0113. The van der Waals surface area contributed by atoms with Crippen molar-refractivity contribution in [3.05, 3.63) is 24.3 Å². The van der Waals surface area contributed by atoms with Gasteiger partial charge in [0.2, 0.25) is 0 Å². The van der Waals surface area contributed by atoms with E-state index in [1.54, 1.807) is 0 Å². The first-order valence-electron chi connectivity index (χ1n) is 19.4. The summed E-state index contributed by atoms with van der Waals surface area (Å²) in [5, 5.41) is 9.46. The molecule has 0 saturated carbocycles. The van der Waals surface area contributed by atoms with Crippen LogP contribution in [-0.2, 0) is 27.8 Å². The van der Waals surface area contributed by atoms with Crippen molar-refractivity contribution in [3.63, 3.8) is 0 Å². The smallest absolute Gasteiger partial charge is 0.192 e. The van der Waals surface area contributed by atoms with E-state index in [1.807, 2.05) is 7.11 Å². The van der Waals surface area contributed by atoms with Gasteiger partial charge in [0.15, 0.2) is 16.6 Å². The summed E-state index contributed by atoms with van der Waals surface area (Å²) in [5.41, 5.74) is 2.36. The largest absolute Gasteiger partial charge is 0.414 e. The maximum Gasteiger partial charge on any atom is 0.192 e. The first-order valence-corrected chi connectivity index (χ1v) is 25.2. The van der Waals surface area contributed by atoms with E-state index >= 15 is 0 Å². The molecule has 49 heavy (non-hydrogen) atoms. The standard InChI is InChI=1S/C40H76O7Si2/c1-16-33-36(25-35-29(4)27(2)22-31(45-35)19-20-34-28(3)23-30(44-34)18-17-21-41)46-37(38(33)42-11)24-32(47-49(14,15)40(8,9)10)26-43-48(12,13)39(5,6)7/h27,30-38,41H,3-4,16-26H2,1-2,5-15H3/t27-,30+,31+,32?,33+,34+,35-,36+,37-,38-/m1/s1. The van der Waals surface area contributed by atoms with Crippen molar-refractivity contribution in [1.82, 2.24) is 0 Å². The molecule has 3 heterocycles. The van der Waals surface area contributed by atoms with Gasteiger partial charge in [0.25, 0.3) is 0 Å². The Morgan fingerprint density at radius 1 is 0.878 bits per heavy atom. The zero-order valence-corrected chi connectivity index (χ0v) is 35.9. The Hall–Kier alpha value is -0.366. The Morgan fingerprint density at radius 2 is 1.51 bits per heavy atom. The molecule has 10 atom stereocenters. The zero-order valence-electron chi connectivity index (χ0n) is 33.9. The summed E-state index contributed by atoms with van der Waals surface area (Å²) in [6.07, 6.45) is 8.18. The highest BCUT2D eigenvalue weighted by molar-refractivity contribution is 6.74. The van der Waals surface area contributed by atoms with Crippen molar-refractivity contribution in [2.24, 2.45) is 11.8 Å². The maximum absolute atomic E-state index is 9.23. The normalized spacial score (nSPS) is 32.7. The Kier molecular flexibility index (Phi) is 15.5. The van der Waals surface area contributed by atoms with Gasteiger partial charge in [-0.15, -0.1) is 0 Å². The van der Waals surface area contributed by atoms with Crippen LogP contribution >= 0.6 is 0 Å². The number of ether oxygens (including phenoxy) is 4. The lowest BCUT2D eigenvalue weighted by molar-refractivity contribution is -0.0786. The summed E-state index contributed by atoms with van der Waals surface area (Å²) in [6, 6.07) is 0. The van der Waals surface area contributed by atoms with Crippen LogP contribution in [0, 0.1) is 11.8 Å². The molecule has 0 aromatic heterocycles. The number of rotatable bonds is 17. The quantitative estimate of drug-likeness (QED) is 0.118. The summed E-state index contributed by atoms with van der Waals surface area (Å²) in [6.45, 7) is 37.3. The van der Waals surface area contributed by atoms with Gasteiger partial charge < -0.3 is 32.9 Å². The fourth-order valence-corrected chi connectivity index (χ4v) is 9.78. The second-order valence-electron chi connectivity index (χ2n) is 18.5. The monoisotopic (exact) mass is 725 g/mol. The highest BCUT2D eigenvalue weighted by Gasteiger charge is 2.48. The summed E-state index contributed by atoms with van der Waals surface area (Å²) in [4.78, 5) is 0. The number of aliphatic hydroxyl groups is 1. The lowest BCUT2D eigenvalue weighted by Gasteiger charge is -2.42. The van der Waals surface area contributed by atoms with Crippen LogP contribution in [0.1, 0.15) is 113 Å². The van der Waals surface area contributed by atoms with E-state index in [4.69, 9.17) is 27.8 Å². The van der Waals surface area contributed by atoms with Crippen LogP contribution in [0.25, 0.3) is 0 Å². The summed E-state index contributed by atoms with van der Waals surface area (Å²) in [7, 11) is -2.20. The van der Waals surface area contributed by atoms with Gasteiger partial charge in [0, 0.05) is 32.5 Å². The fraction of sp³-hybridized carbons (Fsp3) is 0.900. The van der Waals surface area contributed by atoms with Gasteiger partial charge in [-0.05, 0) is 98.3 Å². The molecule has 3 aliphatic heterocycles. The van der Waals surface area contributed by atoms with Crippen LogP contribution in [0.3, 0.4) is 0 Å². The molecule has 7 nitrogen and oxygen atoms in total. The van der Waals surface area contributed by atoms with E-state index in [9.17, 15) is 5.11 Å². The van der Waals surface area contributed by atoms with Crippen molar-refractivity contribution >= 4 is 16.6 Å². The second-order valence-corrected chi connectivity index (χ2v) is 28.1. The number of aliphatic hydroxyl groups excluding tert-OH is 1. The van der Waals surface area contributed by atoms with E-state index in [2.05, 4.69) is 94.7 Å². The number of methoxy groups -OCH3 is 1. The van der Waals surface area contributed by atoms with E-state index in [-0.39, 0.29) is 71.4 Å². The molecule has 0 radical (unpaired) electrons. The van der Waals surface area contributed by atoms with E-state index in [0.717, 1.165) is 57.8 Å². The molecule has 0 aliphatic carbocycles. The lowest BCUT2D eigenvalue weighted by Crippen LogP contribution is -2.49. The predicted octanol–water partition coefficient (Wildman–Crippen LogP) is 9.60. The Morgan fingerprint density at radius 3 is 2.08 bits per heavy atom. The molecule has 3 saturated heterocycles. The van der Waals surface area contributed by atoms with Gasteiger partial charge in [-0.1, -0.05) is 68.5 Å². The molecule has 9 heteroatoms. The summed E-state index contributed by atoms with van der Waals surface area (Å²) < 4.78 is 40.3. The highest BCUT2D eigenvalue weighted by Crippen LogP contribution is 2.43. The predicted molar refractivity (Wildman–Crippen MR) is 207 cm³/mol. The zero-order chi connectivity index (χ0) is 36.9. The first-order chi connectivity index (χ1) is 22.6. The lowest BCUT2D eigenvalue weighted by atomic mass is 9.82. The van der Waals surface area contributed by atoms with Crippen molar-refractivity contribution in [1.29, 1.82) is 0 Å². The molecular weight excluding hydrogens is 649 g/mol. The molecule has 0 aromatic rings. The third-order valence-electron chi connectivity index (χ3n) is 12.8. The van der Waals surface area contributed by atoms with Crippen LogP contribution in [0.5, 0.6) is 0 Å². The van der Waals surface area contributed by atoms with Gasteiger partial charge in [-0.3, -0.25) is 0 Å². The third kappa shape index (κ3) is 11.3. The van der Waals surface area contributed by atoms with Crippen molar-refractivity contribution < 1.29 is 32.9 Å². The topological polar surface area (TPSA) is 75.6 Å². The van der Waals surface area contributed by atoms with Crippen LogP contribution in [0.15, 0.2) is 24.3 Å². The molecule has 3 aliphatic rings. The SMILES string of the molecule is C=C1C[C@H](CCCO)O[C@H]1CC[C@H]1C[C@@H](C)C(=C)[C@@H](C[C@@H]2O[C@H](CC(CO[Si](C)(C)C(C)(C)C)O[Si](C)(C)C(C)(C)C)[C@H](OC)[C@H]2CC)O1. The van der Waals surface area contributed by atoms with Gasteiger partial charge in [0.05, 0.1) is 55.4 Å². The first kappa shape index (κ1) is 43.0. The second kappa shape index (κ2) is 17.6. The minimum atomic E-state index is -2.07. The fourth-order valence-electron chi connectivity index (χ4n) is 7.39. The van der Waals surface area contributed by atoms with Gasteiger partial charge in [-0.2, -0.15) is 0 Å². The Labute approximate surface area is 303 Å². The molecule has 3 rings (SSSR count). The Bertz CT molecular complexity index is 1060. The molecule has 1 N–H and O–H groups in total. The summed E-state index contributed by atoms with van der Waals surface area (Å²) >= 11 is 0. The van der Waals surface area contributed by atoms with E-state index in [0.29, 0.717) is 12.5 Å². The molecule has 0 amide bonds. The van der Waals surface area contributed by atoms with Crippen LogP contribution in [0.4, 0.5) is 0 Å². The number of hydrogen-bond donors (Lipinski definition) is 1. The summed E-state index contributed by atoms with van der Waals surface area (Å²) in [5.74, 6) is 0.655. The van der Waals surface area contributed by atoms with Crippen LogP contribution in [0.2, 0.25) is 36.3 Å². The molecule has 3 fully saturated rings. The van der Waals surface area contributed by atoms with Gasteiger partial charge in [-0.25, -0.2) is 0 Å². The van der Waals surface area contributed by atoms with Crippen molar-refractivity contribution in [2.75, 3.05) is 20.3 Å². The van der Waals surface area contributed by atoms with E-state index in [1.165, 1.54) is 11.1 Å². The van der Waals surface area contributed by atoms with E-state index < -0.39 is 16.6 Å². The molecule has 0 aromatic carbocycles. The third-order valence-corrected chi connectivity index (χ3v) is 21.8. The van der Waals surface area contributed by atoms with Gasteiger partial charge in [0.1, 0.15) is 0 Å². The van der Waals surface area contributed by atoms with Crippen molar-refractivity contribution in [3.8, 4) is 0 Å². The van der Waals surface area contributed by atoms with Crippen molar-refractivity contribution in [2.45, 2.75) is 198 Å². The average Bonchev–Trinajstić information content (AvgIpc) is 3.52. The molecule has 1 unspecified atom stereocenters. The molecule has 0 spiro atoms. The molecular formula is C40H76O7Si2. The van der Waals surface area contributed by atoms with Crippen LogP contribution < -0.4 is 0 Å². The molecule has 0 bridgehead atoms. The van der Waals surface area contributed by atoms with Gasteiger partial charge >= 0.3 is 0 Å². The average molecular weight is 725 g/mol.